The smallest absolute Gasteiger partial charge is 0.328 e. The lowest BCUT2D eigenvalue weighted by Crippen LogP contribution is -2.54. The van der Waals surface area contributed by atoms with Crippen LogP contribution in [-0.2, 0) is 14.3 Å². The second-order valence-electron chi connectivity index (χ2n) is 5.96. The van der Waals surface area contributed by atoms with Crippen LogP contribution in [0.2, 0.25) is 0 Å². The van der Waals surface area contributed by atoms with Crippen molar-refractivity contribution in [1.82, 2.24) is 5.32 Å². The van der Waals surface area contributed by atoms with E-state index < -0.39 is 5.54 Å². The maximum absolute atomic E-state index is 12.1. The molecule has 0 bridgehead atoms. The van der Waals surface area contributed by atoms with Gasteiger partial charge in [0.1, 0.15) is 5.54 Å². The van der Waals surface area contributed by atoms with E-state index in [1.165, 1.54) is 19.3 Å². The maximum Gasteiger partial charge on any atom is 0.328 e. The number of likely N-dealkylation sites (N-methyl/N-ethyl adjacent to an activating group) is 1. The molecule has 118 valence electrons. The van der Waals surface area contributed by atoms with Crippen molar-refractivity contribution >= 4 is 5.97 Å². The van der Waals surface area contributed by atoms with Crippen LogP contribution >= 0.6 is 0 Å². The van der Waals surface area contributed by atoms with Gasteiger partial charge in [-0.3, -0.25) is 0 Å². The first-order valence-electron chi connectivity index (χ1n) is 8.09. The number of nitrogens with one attached hydrogen (secondary N) is 1. The third kappa shape index (κ3) is 5.06. The Hall–Kier alpha value is -0.610. The van der Waals surface area contributed by atoms with Gasteiger partial charge < -0.3 is 14.8 Å². The van der Waals surface area contributed by atoms with E-state index in [2.05, 4.69) is 12.2 Å². The van der Waals surface area contributed by atoms with E-state index in [0.29, 0.717) is 19.3 Å². The lowest BCUT2D eigenvalue weighted by molar-refractivity contribution is -0.154. The van der Waals surface area contributed by atoms with Gasteiger partial charge in [0.2, 0.25) is 0 Å². The molecule has 1 saturated carbocycles. The van der Waals surface area contributed by atoms with Crippen LogP contribution in [0.15, 0.2) is 0 Å². The molecule has 0 amide bonds. The molecule has 1 aliphatic carbocycles. The van der Waals surface area contributed by atoms with Crippen molar-refractivity contribution in [3.05, 3.63) is 0 Å². The van der Waals surface area contributed by atoms with E-state index in [-0.39, 0.29) is 5.97 Å². The normalized spacial score (nSPS) is 26.0. The Morgan fingerprint density at radius 1 is 1.30 bits per heavy atom. The molecule has 1 N–H and O–H groups in total. The Balaban J connectivity index is 2.51. The maximum atomic E-state index is 12.1. The minimum absolute atomic E-state index is 0.218. The zero-order valence-electron chi connectivity index (χ0n) is 13.5. The summed E-state index contributed by atoms with van der Waals surface area (Å²) in [4.78, 5) is 12.1. The number of hydrogen-bond donors (Lipinski definition) is 1. The van der Waals surface area contributed by atoms with Gasteiger partial charge >= 0.3 is 5.97 Å². The van der Waals surface area contributed by atoms with E-state index >= 15 is 0 Å². The summed E-state index contributed by atoms with van der Waals surface area (Å²) in [7, 11) is 0. The van der Waals surface area contributed by atoms with Crippen molar-refractivity contribution in [3.63, 3.8) is 0 Å². The minimum Gasteiger partial charge on any atom is -0.465 e. The summed E-state index contributed by atoms with van der Waals surface area (Å²) < 4.78 is 11.2. The van der Waals surface area contributed by atoms with Gasteiger partial charge in [0.25, 0.3) is 0 Å². The monoisotopic (exact) mass is 285 g/mol. The SMILES string of the molecule is CCNC(C)(COC1CCCC(CC)C1)C(=O)OCC. The van der Waals surface area contributed by atoms with E-state index in [9.17, 15) is 4.79 Å². The third-order valence-electron chi connectivity index (χ3n) is 4.21. The second-order valence-corrected chi connectivity index (χ2v) is 5.96. The number of hydrogen-bond acceptors (Lipinski definition) is 4. The second kappa shape index (κ2) is 8.63. The van der Waals surface area contributed by atoms with Gasteiger partial charge in [0.15, 0.2) is 0 Å². The molecule has 0 aromatic carbocycles. The molecule has 1 aliphatic rings. The number of ether oxygens (including phenoxy) is 2. The zero-order valence-corrected chi connectivity index (χ0v) is 13.5. The molecule has 0 radical (unpaired) electrons. The van der Waals surface area contributed by atoms with Gasteiger partial charge in [0, 0.05) is 0 Å². The molecule has 0 aromatic rings. The molecule has 0 heterocycles. The van der Waals surface area contributed by atoms with Crippen molar-refractivity contribution in [3.8, 4) is 0 Å². The summed E-state index contributed by atoms with van der Waals surface area (Å²) in [6.07, 6.45) is 6.31. The topological polar surface area (TPSA) is 47.6 Å². The lowest BCUT2D eigenvalue weighted by atomic mass is 9.85. The zero-order chi connectivity index (χ0) is 15.0. The highest BCUT2D eigenvalue weighted by Crippen LogP contribution is 2.29. The average molecular weight is 285 g/mol. The number of rotatable bonds is 8. The predicted octanol–water partition coefficient (Wildman–Crippen LogP) is 2.90. The van der Waals surface area contributed by atoms with E-state index in [0.717, 1.165) is 25.3 Å². The lowest BCUT2D eigenvalue weighted by Gasteiger charge is -2.33. The number of esters is 1. The molecular formula is C16H31NO3. The average Bonchev–Trinajstić information content (AvgIpc) is 2.46. The first kappa shape index (κ1) is 17.4. The number of carbonyl (C=O) groups is 1. The van der Waals surface area contributed by atoms with E-state index in [4.69, 9.17) is 9.47 Å². The highest BCUT2D eigenvalue weighted by molar-refractivity contribution is 5.80. The fraction of sp³-hybridized carbons (Fsp3) is 0.938. The highest BCUT2D eigenvalue weighted by Gasteiger charge is 2.35. The quantitative estimate of drug-likeness (QED) is 0.697. The Kier molecular flexibility index (Phi) is 7.52. The number of carbonyl (C=O) groups excluding carboxylic acids is 1. The largest absolute Gasteiger partial charge is 0.465 e. The van der Waals surface area contributed by atoms with Gasteiger partial charge in [0.05, 0.1) is 19.3 Å². The van der Waals surface area contributed by atoms with Crippen LogP contribution in [0.3, 0.4) is 0 Å². The third-order valence-corrected chi connectivity index (χ3v) is 4.21. The van der Waals surface area contributed by atoms with Crippen LogP contribution in [-0.4, -0.2) is 37.4 Å². The summed E-state index contributed by atoms with van der Waals surface area (Å²) in [5, 5.41) is 3.21. The molecule has 0 spiro atoms. The Labute approximate surface area is 123 Å². The summed E-state index contributed by atoms with van der Waals surface area (Å²) in [6, 6.07) is 0. The van der Waals surface area contributed by atoms with Crippen LogP contribution in [0.5, 0.6) is 0 Å². The van der Waals surface area contributed by atoms with Crippen LogP contribution in [0, 0.1) is 5.92 Å². The fourth-order valence-corrected chi connectivity index (χ4v) is 2.91. The molecule has 3 unspecified atom stereocenters. The summed E-state index contributed by atoms with van der Waals surface area (Å²) in [5.41, 5.74) is -0.732. The first-order chi connectivity index (χ1) is 9.55. The Morgan fingerprint density at radius 3 is 2.65 bits per heavy atom. The van der Waals surface area contributed by atoms with Crippen molar-refractivity contribution < 1.29 is 14.3 Å². The van der Waals surface area contributed by atoms with Crippen molar-refractivity contribution in [2.75, 3.05) is 19.8 Å². The Morgan fingerprint density at radius 2 is 2.05 bits per heavy atom. The van der Waals surface area contributed by atoms with E-state index in [1.54, 1.807) is 0 Å². The molecule has 20 heavy (non-hydrogen) atoms. The van der Waals surface area contributed by atoms with Gasteiger partial charge in [-0.2, -0.15) is 0 Å². The van der Waals surface area contributed by atoms with Crippen LogP contribution in [0.1, 0.15) is 59.8 Å². The molecular weight excluding hydrogens is 254 g/mol. The summed E-state index contributed by atoms with van der Waals surface area (Å²) in [5.74, 6) is 0.562. The molecule has 3 atom stereocenters. The molecule has 1 rings (SSSR count). The molecule has 0 saturated heterocycles. The Bertz CT molecular complexity index is 295. The predicted molar refractivity (Wildman–Crippen MR) is 80.7 cm³/mol. The highest BCUT2D eigenvalue weighted by atomic mass is 16.5. The van der Waals surface area contributed by atoms with Gasteiger partial charge in [-0.25, -0.2) is 4.79 Å². The van der Waals surface area contributed by atoms with E-state index in [1.807, 2.05) is 20.8 Å². The minimum atomic E-state index is -0.732. The molecule has 1 fully saturated rings. The molecule has 4 heteroatoms. The van der Waals surface area contributed by atoms with Gasteiger partial charge in [-0.15, -0.1) is 0 Å². The first-order valence-corrected chi connectivity index (χ1v) is 8.09. The van der Waals surface area contributed by atoms with Crippen LogP contribution in [0.25, 0.3) is 0 Å². The fourth-order valence-electron chi connectivity index (χ4n) is 2.91. The van der Waals surface area contributed by atoms with Crippen molar-refractivity contribution in [2.24, 2.45) is 5.92 Å². The molecule has 0 aromatic heterocycles. The summed E-state index contributed by atoms with van der Waals surface area (Å²) in [6.45, 7) is 9.45. The summed E-state index contributed by atoms with van der Waals surface area (Å²) >= 11 is 0. The molecule has 0 aliphatic heterocycles. The van der Waals surface area contributed by atoms with Crippen LogP contribution in [0.4, 0.5) is 0 Å². The van der Waals surface area contributed by atoms with Gasteiger partial charge in [-0.05, 0) is 39.2 Å². The molecule has 4 nitrogen and oxygen atoms in total. The van der Waals surface area contributed by atoms with Crippen molar-refractivity contribution in [2.45, 2.75) is 71.4 Å². The van der Waals surface area contributed by atoms with Gasteiger partial charge in [-0.1, -0.05) is 33.1 Å². The standard InChI is InChI=1S/C16H31NO3/c1-5-13-9-8-10-14(11-13)20-12-16(4,17-6-2)15(18)19-7-3/h13-14,17H,5-12H2,1-4H3. The van der Waals surface area contributed by atoms with Crippen LogP contribution < -0.4 is 5.32 Å². The van der Waals surface area contributed by atoms with Crippen molar-refractivity contribution in [1.29, 1.82) is 0 Å².